The predicted molar refractivity (Wildman–Crippen MR) is 128 cm³/mol. The molecule has 1 unspecified atom stereocenters. The molecule has 1 aromatic carbocycles. The number of methoxy groups -OCH3 is 1. The van der Waals surface area contributed by atoms with Crippen molar-refractivity contribution >= 4 is 35.8 Å². The molecule has 1 aliphatic carbocycles. The van der Waals surface area contributed by atoms with E-state index in [-0.39, 0.29) is 35.8 Å². The summed E-state index contributed by atoms with van der Waals surface area (Å²) in [7, 11) is 3.52. The molecule has 29 heavy (non-hydrogen) atoms. The van der Waals surface area contributed by atoms with Gasteiger partial charge in [-0.3, -0.25) is 9.79 Å². The van der Waals surface area contributed by atoms with Gasteiger partial charge < -0.3 is 20.3 Å². The molecule has 0 radical (unpaired) electrons. The average molecular weight is 514 g/mol. The van der Waals surface area contributed by atoms with E-state index in [0.717, 1.165) is 44.1 Å². The summed E-state index contributed by atoms with van der Waals surface area (Å²) in [5, 5.41) is 6.48. The molecule has 0 aromatic heterocycles. The number of benzene rings is 1. The molecule has 0 spiro atoms. The number of guanidine groups is 1. The topological polar surface area (TPSA) is 66.0 Å². The lowest BCUT2D eigenvalue weighted by Crippen LogP contribution is -2.44. The highest BCUT2D eigenvalue weighted by Crippen LogP contribution is 2.28. The van der Waals surface area contributed by atoms with Crippen LogP contribution in [0.3, 0.4) is 0 Å². The van der Waals surface area contributed by atoms with Crippen LogP contribution in [0.4, 0.5) is 0 Å². The van der Waals surface area contributed by atoms with Crippen LogP contribution in [0.15, 0.2) is 29.3 Å². The van der Waals surface area contributed by atoms with E-state index in [4.69, 9.17) is 4.74 Å². The number of aliphatic imine (C=N–C) groups is 1. The van der Waals surface area contributed by atoms with Gasteiger partial charge in [-0.1, -0.05) is 31.4 Å². The number of carbonyl (C=O) groups excluding carboxylic acids is 1. The molecule has 6 nitrogen and oxygen atoms in total. The minimum atomic E-state index is 0. The van der Waals surface area contributed by atoms with E-state index in [1.165, 1.54) is 24.8 Å². The molecule has 2 aliphatic rings. The molecule has 2 fully saturated rings. The maximum absolute atomic E-state index is 12.2. The van der Waals surface area contributed by atoms with Gasteiger partial charge in [0.1, 0.15) is 5.75 Å². The fourth-order valence-corrected chi connectivity index (χ4v) is 4.30. The van der Waals surface area contributed by atoms with Crippen molar-refractivity contribution in [3.05, 3.63) is 29.8 Å². The Balaban J connectivity index is 0.00000300. The van der Waals surface area contributed by atoms with Gasteiger partial charge in [0.2, 0.25) is 5.91 Å². The summed E-state index contributed by atoms with van der Waals surface area (Å²) < 4.78 is 5.25. The van der Waals surface area contributed by atoms with Gasteiger partial charge in [-0.05, 0) is 37.0 Å². The number of hydrogen-bond acceptors (Lipinski definition) is 3. The highest BCUT2D eigenvalue weighted by Gasteiger charge is 2.26. The number of likely N-dealkylation sites (tertiary alicyclic amines) is 1. The van der Waals surface area contributed by atoms with Crippen LogP contribution >= 0.6 is 24.0 Å². The summed E-state index contributed by atoms with van der Waals surface area (Å²) >= 11 is 0. The van der Waals surface area contributed by atoms with E-state index in [1.54, 1.807) is 7.11 Å². The number of ether oxygens (including phenoxy) is 1. The van der Waals surface area contributed by atoms with Crippen molar-refractivity contribution in [2.24, 2.45) is 10.9 Å². The van der Waals surface area contributed by atoms with Gasteiger partial charge in [-0.15, -0.1) is 24.0 Å². The first kappa shape index (κ1) is 23.8. The second-order valence-corrected chi connectivity index (χ2v) is 7.80. The van der Waals surface area contributed by atoms with E-state index in [1.807, 2.05) is 19.2 Å². The third kappa shape index (κ3) is 6.76. The van der Waals surface area contributed by atoms with E-state index in [9.17, 15) is 4.79 Å². The zero-order valence-electron chi connectivity index (χ0n) is 17.7. The molecule has 0 bridgehead atoms. The van der Waals surface area contributed by atoms with Crippen molar-refractivity contribution in [3.8, 4) is 5.75 Å². The molecule has 2 N–H and O–H groups in total. The largest absolute Gasteiger partial charge is 0.497 e. The maximum atomic E-state index is 12.2. The molecular formula is C22H35IN4O2. The van der Waals surface area contributed by atoms with E-state index in [2.05, 4.69) is 32.7 Å². The highest BCUT2D eigenvalue weighted by molar-refractivity contribution is 14.0. The van der Waals surface area contributed by atoms with Gasteiger partial charge in [-0.2, -0.15) is 0 Å². The summed E-state index contributed by atoms with van der Waals surface area (Å²) in [5.41, 5.74) is 1.35. The van der Waals surface area contributed by atoms with Gasteiger partial charge in [0.15, 0.2) is 5.96 Å². The van der Waals surface area contributed by atoms with Crippen LogP contribution in [0.1, 0.15) is 50.0 Å². The minimum absolute atomic E-state index is 0. The summed E-state index contributed by atoms with van der Waals surface area (Å²) in [6.45, 7) is 3.30. The van der Waals surface area contributed by atoms with Crippen LogP contribution in [0.25, 0.3) is 0 Å². The van der Waals surface area contributed by atoms with Crippen LogP contribution in [-0.4, -0.2) is 57.1 Å². The Morgan fingerprint density at radius 2 is 1.79 bits per heavy atom. The van der Waals surface area contributed by atoms with E-state index in [0.29, 0.717) is 19.0 Å². The van der Waals surface area contributed by atoms with Gasteiger partial charge in [-0.25, -0.2) is 0 Å². The molecule has 1 heterocycles. The number of halogens is 1. The predicted octanol–water partition coefficient (Wildman–Crippen LogP) is 3.37. The number of rotatable bonds is 6. The number of amides is 1. The average Bonchev–Trinajstić information content (AvgIpc) is 3.24. The molecule has 162 valence electrons. The molecule has 1 aliphatic heterocycles. The Kier molecular flexibility index (Phi) is 10.0. The lowest BCUT2D eigenvalue weighted by atomic mass is 9.89. The van der Waals surface area contributed by atoms with Crippen LogP contribution in [-0.2, 0) is 4.79 Å². The Labute approximate surface area is 191 Å². The van der Waals surface area contributed by atoms with Gasteiger partial charge in [0.25, 0.3) is 0 Å². The number of carbonyl (C=O) groups is 1. The van der Waals surface area contributed by atoms with Crippen LogP contribution in [0, 0.1) is 5.92 Å². The van der Waals surface area contributed by atoms with Crippen molar-refractivity contribution in [1.82, 2.24) is 15.5 Å². The smallest absolute Gasteiger partial charge is 0.223 e. The van der Waals surface area contributed by atoms with E-state index >= 15 is 0 Å². The maximum Gasteiger partial charge on any atom is 0.223 e. The van der Waals surface area contributed by atoms with Crippen molar-refractivity contribution in [1.29, 1.82) is 0 Å². The third-order valence-corrected chi connectivity index (χ3v) is 5.97. The molecule has 1 saturated heterocycles. The third-order valence-electron chi connectivity index (χ3n) is 5.97. The summed E-state index contributed by atoms with van der Waals surface area (Å²) in [6, 6.07) is 8.37. The molecule has 1 aromatic rings. The Bertz CT molecular complexity index is 659. The lowest BCUT2D eigenvalue weighted by molar-refractivity contribution is -0.125. The van der Waals surface area contributed by atoms with Crippen LogP contribution in [0.2, 0.25) is 0 Å². The molecule has 7 heteroatoms. The van der Waals surface area contributed by atoms with Crippen LogP contribution < -0.4 is 15.4 Å². The molecular weight excluding hydrogens is 479 g/mol. The monoisotopic (exact) mass is 514 g/mol. The van der Waals surface area contributed by atoms with Gasteiger partial charge >= 0.3 is 0 Å². The summed E-state index contributed by atoms with van der Waals surface area (Å²) in [5.74, 6) is 2.76. The van der Waals surface area contributed by atoms with Crippen molar-refractivity contribution in [3.63, 3.8) is 0 Å². The number of nitrogens with one attached hydrogen (secondary N) is 2. The zero-order valence-corrected chi connectivity index (χ0v) is 20.0. The van der Waals surface area contributed by atoms with Crippen molar-refractivity contribution < 1.29 is 9.53 Å². The van der Waals surface area contributed by atoms with E-state index < -0.39 is 0 Å². The minimum Gasteiger partial charge on any atom is -0.497 e. The second-order valence-electron chi connectivity index (χ2n) is 7.80. The Hall–Kier alpha value is -1.51. The number of nitrogens with zero attached hydrogens (tertiary/aromatic N) is 2. The zero-order chi connectivity index (χ0) is 19.8. The molecule has 1 saturated carbocycles. The summed E-state index contributed by atoms with van der Waals surface area (Å²) in [4.78, 5) is 19.0. The van der Waals surface area contributed by atoms with Gasteiger partial charge in [0.05, 0.1) is 7.11 Å². The first-order valence-electron chi connectivity index (χ1n) is 10.6. The van der Waals surface area contributed by atoms with Crippen molar-refractivity contribution in [2.45, 2.75) is 44.4 Å². The normalized spacial score (nSPS) is 20.1. The molecule has 1 atom stereocenters. The van der Waals surface area contributed by atoms with Gasteiger partial charge in [0, 0.05) is 45.1 Å². The quantitative estimate of drug-likeness (QED) is 0.265. The molecule has 3 rings (SSSR count). The highest BCUT2D eigenvalue weighted by atomic mass is 127. The second kappa shape index (κ2) is 12.2. The Morgan fingerprint density at radius 3 is 2.45 bits per heavy atom. The lowest BCUT2D eigenvalue weighted by Gasteiger charge is -2.23. The fourth-order valence-electron chi connectivity index (χ4n) is 4.30. The molecule has 1 amide bonds. The summed E-state index contributed by atoms with van der Waals surface area (Å²) in [6.07, 6.45) is 6.85. The fraction of sp³-hybridized carbons (Fsp3) is 0.636. The van der Waals surface area contributed by atoms with Crippen molar-refractivity contribution in [2.75, 3.05) is 40.3 Å². The SMILES string of the molecule is CN=C(NCCNC(=O)C1CCCCC1)N1CCC(c2ccc(OC)cc2)C1.I. The number of hydrogen-bond donors (Lipinski definition) is 2. The first-order valence-corrected chi connectivity index (χ1v) is 10.6. The first-order chi connectivity index (χ1) is 13.7. The standard InChI is InChI=1S/C22H34N4O2.HI/c1-23-22(25-14-13-24-21(27)18-6-4-3-5-7-18)26-15-12-19(16-26)17-8-10-20(28-2)11-9-17;/h8-11,18-19H,3-7,12-16H2,1-2H3,(H,23,25)(H,24,27);1H. The Morgan fingerprint density at radius 1 is 1.10 bits per heavy atom. The van der Waals surface area contributed by atoms with Crippen LogP contribution in [0.5, 0.6) is 5.75 Å².